The third-order valence-corrected chi connectivity index (χ3v) is 7.49. The molecule has 0 spiro atoms. The second-order valence-corrected chi connectivity index (χ2v) is 10.4. The third-order valence-electron chi connectivity index (χ3n) is 5.35. The Balaban J connectivity index is 1.60. The number of hydrogen-bond donors (Lipinski definition) is 0. The molecule has 3 heterocycles. The highest BCUT2D eigenvalue weighted by atomic mass is 32.2. The smallest absolute Gasteiger partial charge is 0.234 e. The molecule has 0 saturated carbocycles. The Morgan fingerprint density at radius 3 is 2.44 bits per heavy atom. The fourth-order valence-corrected chi connectivity index (χ4v) is 5.45. The van der Waals surface area contributed by atoms with E-state index in [1.54, 1.807) is 25.8 Å². The highest BCUT2D eigenvalue weighted by molar-refractivity contribution is 7.88. The average Bonchev–Trinajstić information content (AvgIpc) is 3.36. The fourth-order valence-electron chi connectivity index (χ4n) is 3.79. The van der Waals surface area contributed by atoms with Crippen molar-refractivity contribution in [3.8, 4) is 17.2 Å². The standard InChI is InChI=1S/C20H25N5O5S2/c1-28-15-10-13(11-16(29-2)18(15)30-3)7-8-17-23-25-19(21-22-20(25)31-17)14-6-5-9-24(12-14)32(4,26)27/h7-8,10-11,14H,5-6,9,12H2,1-4H3/b8-7+. The highest BCUT2D eigenvalue weighted by Gasteiger charge is 2.30. The third kappa shape index (κ3) is 4.43. The van der Waals surface area contributed by atoms with Gasteiger partial charge < -0.3 is 14.2 Å². The Morgan fingerprint density at radius 1 is 1.09 bits per heavy atom. The van der Waals surface area contributed by atoms with E-state index in [1.807, 2.05) is 24.3 Å². The van der Waals surface area contributed by atoms with Crippen molar-refractivity contribution < 1.29 is 22.6 Å². The lowest BCUT2D eigenvalue weighted by molar-refractivity contribution is 0.309. The summed E-state index contributed by atoms with van der Waals surface area (Å²) in [5.41, 5.74) is 0.863. The molecule has 1 atom stereocenters. The van der Waals surface area contributed by atoms with E-state index in [9.17, 15) is 8.42 Å². The van der Waals surface area contributed by atoms with Gasteiger partial charge in [-0.25, -0.2) is 12.7 Å². The minimum Gasteiger partial charge on any atom is -0.493 e. The lowest BCUT2D eigenvalue weighted by Crippen LogP contribution is -2.38. The maximum atomic E-state index is 12.0. The second-order valence-electron chi connectivity index (χ2n) is 7.45. The molecule has 172 valence electrons. The van der Waals surface area contributed by atoms with Crippen molar-refractivity contribution in [3.05, 3.63) is 28.5 Å². The number of rotatable bonds is 7. The van der Waals surface area contributed by atoms with Crippen molar-refractivity contribution >= 4 is 38.5 Å². The Bertz CT molecular complexity index is 1230. The molecule has 1 aliphatic rings. The number of fused-ring (bicyclic) bond motifs is 1. The molecule has 0 aliphatic carbocycles. The molecular weight excluding hydrogens is 454 g/mol. The van der Waals surface area contributed by atoms with Crippen LogP contribution in [-0.2, 0) is 10.0 Å². The van der Waals surface area contributed by atoms with Crippen molar-refractivity contribution in [2.45, 2.75) is 18.8 Å². The van der Waals surface area contributed by atoms with Crippen LogP contribution in [0.3, 0.4) is 0 Å². The summed E-state index contributed by atoms with van der Waals surface area (Å²) < 4.78 is 43.3. The highest BCUT2D eigenvalue weighted by Crippen LogP contribution is 2.38. The van der Waals surface area contributed by atoms with Crippen LogP contribution in [0.15, 0.2) is 12.1 Å². The number of piperidine rings is 1. The minimum absolute atomic E-state index is 0.0393. The first-order valence-electron chi connectivity index (χ1n) is 9.99. The van der Waals surface area contributed by atoms with Gasteiger partial charge in [-0.15, -0.1) is 10.2 Å². The van der Waals surface area contributed by atoms with Gasteiger partial charge in [0.15, 0.2) is 17.3 Å². The van der Waals surface area contributed by atoms with Gasteiger partial charge in [0.05, 0.1) is 27.6 Å². The van der Waals surface area contributed by atoms with Gasteiger partial charge >= 0.3 is 0 Å². The molecule has 1 aromatic carbocycles. The molecule has 0 bridgehead atoms. The van der Waals surface area contributed by atoms with Crippen LogP contribution in [0.25, 0.3) is 17.1 Å². The maximum absolute atomic E-state index is 12.0. The number of nitrogens with zero attached hydrogens (tertiary/aromatic N) is 5. The predicted octanol–water partition coefficient (Wildman–Crippen LogP) is 2.52. The Morgan fingerprint density at radius 2 is 1.81 bits per heavy atom. The zero-order valence-corrected chi connectivity index (χ0v) is 19.9. The molecule has 0 N–H and O–H groups in total. The van der Waals surface area contributed by atoms with Crippen LogP contribution >= 0.6 is 11.3 Å². The first kappa shape index (κ1) is 22.5. The molecule has 0 radical (unpaired) electrons. The van der Waals surface area contributed by atoms with Crippen LogP contribution in [0.2, 0.25) is 0 Å². The molecule has 1 fully saturated rings. The molecule has 1 unspecified atom stereocenters. The van der Waals surface area contributed by atoms with E-state index in [-0.39, 0.29) is 5.92 Å². The number of methoxy groups -OCH3 is 3. The fraction of sp³-hybridized carbons (Fsp3) is 0.450. The van der Waals surface area contributed by atoms with Crippen molar-refractivity contribution in [2.75, 3.05) is 40.7 Å². The first-order valence-corrected chi connectivity index (χ1v) is 12.7. The molecule has 32 heavy (non-hydrogen) atoms. The lowest BCUT2D eigenvalue weighted by atomic mass is 9.99. The molecule has 1 aliphatic heterocycles. The molecule has 4 rings (SSSR count). The summed E-state index contributed by atoms with van der Waals surface area (Å²) in [6, 6.07) is 3.71. The topological polar surface area (TPSA) is 108 Å². The van der Waals surface area contributed by atoms with Crippen LogP contribution < -0.4 is 14.2 Å². The number of sulfonamides is 1. The molecule has 2 aromatic heterocycles. The molecule has 10 nitrogen and oxygen atoms in total. The summed E-state index contributed by atoms with van der Waals surface area (Å²) >= 11 is 1.41. The first-order chi connectivity index (χ1) is 15.3. The van der Waals surface area contributed by atoms with Gasteiger partial charge in [-0.05, 0) is 36.6 Å². The molecular formula is C20H25N5O5S2. The predicted molar refractivity (Wildman–Crippen MR) is 122 cm³/mol. The summed E-state index contributed by atoms with van der Waals surface area (Å²) in [6.45, 7) is 0.935. The Hall–Kier alpha value is -2.70. The van der Waals surface area contributed by atoms with Gasteiger partial charge in [0.2, 0.25) is 20.7 Å². The molecule has 3 aromatic rings. The average molecular weight is 480 g/mol. The molecule has 12 heteroatoms. The number of hydrogen-bond acceptors (Lipinski definition) is 9. The zero-order chi connectivity index (χ0) is 22.9. The lowest BCUT2D eigenvalue weighted by Gasteiger charge is -2.29. The molecule has 0 amide bonds. The van der Waals surface area contributed by atoms with Crippen molar-refractivity contribution in [2.24, 2.45) is 0 Å². The summed E-state index contributed by atoms with van der Waals surface area (Å²) in [5, 5.41) is 13.9. The van der Waals surface area contributed by atoms with Crippen molar-refractivity contribution in [1.82, 2.24) is 24.1 Å². The van der Waals surface area contributed by atoms with Gasteiger partial charge in [-0.2, -0.15) is 9.61 Å². The quantitative estimate of drug-likeness (QED) is 0.509. The normalized spacial score (nSPS) is 17.8. The van der Waals surface area contributed by atoms with E-state index < -0.39 is 10.0 Å². The Labute approximate surface area is 190 Å². The number of aromatic nitrogens is 4. The van der Waals surface area contributed by atoms with Gasteiger partial charge in [-0.1, -0.05) is 17.4 Å². The van der Waals surface area contributed by atoms with Gasteiger partial charge in [0.1, 0.15) is 5.01 Å². The van der Waals surface area contributed by atoms with Gasteiger partial charge in [-0.3, -0.25) is 0 Å². The van der Waals surface area contributed by atoms with E-state index in [4.69, 9.17) is 14.2 Å². The van der Waals surface area contributed by atoms with Crippen LogP contribution in [0, 0.1) is 0 Å². The summed E-state index contributed by atoms with van der Waals surface area (Å²) in [7, 11) is 1.48. The van der Waals surface area contributed by atoms with Crippen LogP contribution in [-0.4, -0.2) is 73.2 Å². The largest absolute Gasteiger partial charge is 0.493 e. The zero-order valence-electron chi connectivity index (χ0n) is 18.3. The summed E-state index contributed by atoms with van der Waals surface area (Å²) in [5.74, 6) is 2.32. The molecule has 1 saturated heterocycles. The van der Waals surface area contributed by atoms with E-state index in [0.29, 0.717) is 41.1 Å². The van der Waals surface area contributed by atoms with E-state index in [2.05, 4.69) is 15.3 Å². The maximum Gasteiger partial charge on any atom is 0.234 e. The van der Waals surface area contributed by atoms with Crippen LogP contribution in [0.1, 0.15) is 35.2 Å². The van der Waals surface area contributed by atoms with Crippen molar-refractivity contribution in [3.63, 3.8) is 0 Å². The van der Waals surface area contributed by atoms with E-state index in [1.165, 1.54) is 21.9 Å². The number of benzene rings is 1. The monoisotopic (exact) mass is 479 g/mol. The Kier molecular flexibility index (Phi) is 6.35. The van der Waals surface area contributed by atoms with Crippen LogP contribution in [0.5, 0.6) is 17.2 Å². The second kappa shape index (κ2) is 9.04. The van der Waals surface area contributed by atoms with E-state index in [0.717, 1.165) is 23.4 Å². The van der Waals surface area contributed by atoms with Crippen molar-refractivity contribution in [1.29, 1.82) is 0 Å². The van der Waals surface area contributed by atoms with E-state index >= 15 is 0 Å². The van der Waals surface area contributed by atoms with Gasteiger partial charge in [0, 0.05) is 19.0 Å². The minimum atomic E-state index is -3.24. The number of ether oxygens (including phenoxy) is 3. The SMILES string of the molecule is COc1cc(/C=C/c2nn3c(C4CCCN(S(C)(=O)=O)C4)nnc3s2)cc(OC)c1OC. The van der Waals surface area contributed by atoms with Gasteiger partial charge in [0.25, 0.3) is 0 Å². The van der Waals surface area contributed by atoms with Crippen LogP contribution in [0.4, 0.5) is 0 Å². The summed E-state index contributed by atoms with van der Waals surface area (Å²) in [4.78, 5) is 0.668. The summed E-state index contributed by atoms with van der Waals surface area (Å²) in [6.07, 6.45) is 6.66.